The van der Waals surface area contributed by atoms with Gasteiger partial charge in [-0.05, 0) is 51.7 Å². The van der Waals surface area contributed by atoms with Gasteiger partial charge in [-0.25, -0.2) is 0 Å². The first kappa shape index (κ1) is 15.8. The number of nitrogens with one attached hydrogen (secondary N) is 2. The fraction of sp³-hybridized carbons (Fsp3) is 0.500. The molecule has 0 aromatic heterocycles. The first-order valence-electron chi connectivity index (χ1n) is 6.40. The Labute approximate surface area is 120 Å². The van der Waals surface area contributed by atoms with Crippen molar-refractivity contribution in [1.29, 1.82) is 0 Å². The van der Waals surface area contributed by atoms with Crippen molar-refractivity contribution in [3.63, 3.8) is 0 Å². The fourth-order valence-electron chi connectivity index (χ4n) is 1.57. The molecule has 0 saturated carbocycles. The Morgan fingerprint density at radius 1 is 1.37 bits per heavy atom. The number of amides is 1. The Kier molecular flexibility index (Phi) is 6.67. The number of benzene rings is 1. The number of aryl methyl sites for hydroxylation is 1. The predicted molar refractivity (Wildman–Crippen MR) is 80.9 cm³/mol. The SMILES string of the molecule is Cc1ccc(NCC(=O)NCCCN(C)C)cc1Cl. The van der Waals surface area contributed by atoms with Crippen LogP contribution in [0.1, 0.15) is 12.0 Å². The molecule has 5 heteroatoms. The Morgan fingerprint density at radius 3 is 2.74 bits per heavy atom. The summed E-state index contributed by atoms with van der Waals surface area (Å²) in [5.41, 5.74) is 1.89. The van der Waals surface area contributed by atoms with Gasteiger partial charge in [-0.1, -0.05) is 17.7 Å². The van der Waals surface area contributed by atoms with Gasteiger partial charge in [0.05, 0.1) is 6.54 Å². The van der Waals surface area contributed by atoms with E-state index in [2.05, 4.69) is 15.5 Å². The minimum Gasteiger partial charge on any atom is -0.376 e. The molecule has 1 amide bonds. The van der Waals surface area contributed by atoms with Crippen LogP contribution >= 0.6 is 11.6 Å². The van der Waals surface area contributed by atoms with Crippen molar-refractivity contribution in [2.75, 3.05) is 39.0 Å². The number of nitrogens with zero attached hydrogens (tertiary/aromatic N) is 1. The van der Waals surface area contributed by atoms with Crippen LogP contribution in [0, 0.1) is 6.92 Å². The highest BCUT2D eigenvalue weighted by molar-refractivity contribution is 6.31. The van der Waals surface area contributed by atoms with E-state index in [1.165, 1.54) is 0 Å². The molecule has 1 aromatic rings. The summed E-state index contributed by atoms with van der Waals surface area (Å²) in [7, 11) is 4.04. The van der Waals surface area contributed by atoms with Gasteiger partial charge in [-0.15, -0.1) is 0 Å². The predicted octanol–water partition coefficient (Wildman–Crippen LogP) is 2.13. The lowest BCUT2D eigenvalue weighted by atomic mass is 10.2. The van der Waals surface area contributed by atoms with Crippen LogP contribution in [0.4, 0.5) is 5.69 Å². The van der Waals surface area contributed by atoms with Crippen molar-refractivity contribution >= 4 is 23.2 Å². The van der Waals surface area contributed by atoms with E-state index < -0.39 is 0 Å². The second kappa shape index (κ2) is 8.02. The van der Waals surface area contributed by atoms with Gasteiger partial charge in [0.15, 0.2) is 0 Å². The molecule has 0 fully saturated rings. The average Bonchev–Trinajstić information content (AvgIpc) is 2.36. The normalized spacial score (nSPS) is 10.6. The summed E-state index contributed by atoms with van der Waals surface area (Å²) in [6.45, 7) is 3.89. The second-order valence-electron chi connectivity index (χ2n) is 4.82. The molecule has 0 heterocycles. The highest BCUT2D eigenvalue weighted by atomic mass is 35.5. The first-order valence-corrected chi connectivity index (χ1v) is 6.78. The molecular weight excluding hydrogens is 262 g/mol. The number of carbonyl (C=O) groups excluding carboxylic acids is 1. The summed E-state index contributed by atoms with van der Waals surface area (Å²) < 4.78 is 0. The Bertz CT molecular complexity index is 421. The molecule has 0 aliphatic carbocycles. The van der Waals surface area contributed by atoms with Crippen molar-refractivity contribution in [2.24, 2.45) is 0 Å². The van der Waals surface area contributed by atoms with Gasteiger partial charge in [0.2, 0.25) is 5.91 Å². The molecule has 0 bridgehead atoms. The minimum atomic E-state index is -0.00421. The average molecular weight is 284 g/mol. The van der Waals surface area contributed by atoms with Crippen molar-refractivity contribution in [3.05, 3.63) is 28.8 Å². The summed E-state index contributed by atoms with van der Waals surface area (Å²) >= 11 is 6.02. The zero-order chi connectivity index (χ0) is 14.3. The van der Waals surface area contributed by atoms with E-state index in [4.69, 9.17) is 11.6 Å². The van der Waals surface area contributed by atoms with Crippen molar-refractivity contribution < 1.29 is 4.79 Å². The third kappa shape index (κ3) is 6.45. The molecule has 1 aromatic carbocycles. The van der Waals surface area contributed by atoms with Crippen LogP contribution in [0.3, 0.4) is 0 Å². The molecule has 0 saturated heterocycles. The zero-order valence-electron chi connectivity index (χ0n) is 11.8. The van der Waals surface area contributed by atoms with Gasteiger partial charge >= 0.3 is 0 Å². The highest BCUT2D eigenvalue weighted by Crippen LogP contribution is 2.19. The summed E-state index contributed by atoms with van der Waals surface area (Å²) in [6, 6.07) is 5.68. The van der Waals surface area contributed by atoms with Crippen molar-refractivity contribution in [1.82, 2.24) is 10.2 Å². The molecule has 1 rings (SSSR count). The lowest BCUT2D eigenvalue weighted by Gasteiger charge is -2.11. The van der Waals surface area contributed by atoms with Gasteiger partial charge in [0, 0.05) is 17.3 Å². The van der Waals surface area contributed by atoms with Gasteiger partial charge < -0.3 is 15.5 Å². The number of hydrogen-bond donors (Lipinski definition) is 2. The zero-order valence-corrected chi connectivity index (χ0v) is 12.5. The quantitative estimate of drug-likeness (QED) is 0.754. The van der Waals surface area contributed by atoms with Crippen LogP contribution in [-0.4, -0.2) is 44.5 Å². The molecule has 0 aliphatic rings. The van der Waals surface area contributed by atoms with E-state index in [0.717, 1.165) is 24.2 Å². The second-order valence-corrected chi connectivity index (χ2v) is 5.23. The van der Waals surface area contributed by atoms with Crippen LogP contribution in [0.2, 0.25) is 5.02 Å². The molecule has 4 nitrogen and oxygen atoms in total. The molecule has 0 atom stereocenters. The smallest absolute Gasteiger partial charge is 0.239 e. The van der Waals surface area contributed by atoms with E-state index in [1.807, 2.05) is 39.2 Å². The molecule has 2 N–H and O–H groups in total. The number of carbonyl (C=O) groups is 1. The van der Waals surface area contributed by atoms with Gasteiger partial charge in [-0.2, -0.15) is 0 Å². The van der Waals surface area contributed by atoms with E-state index in [9.17, 15) is 4.79 Å². The molecule has 0 aliphatic heterocycles. The standard InChI is InChI=1S/C14H22ClN3O/c1-11-5-6-12(9-13(11)15)17-10-14(19)16-7-4-8-18(2)3/h5-6,9,17H,4,7-8,10H2,1-3H3,(H,16,19). The van der Waals surface area contributed by atoms with Crippen LogP contribution in [0.15, 0.2) is 18.2 Å². The lowest BCUT2D eigenvalue weighted by Crippen LogP contribution is -2.31. The van der Waals surface area contributed by atoms with Gasteiger partial charge in [0.25, 0.3) is 0 Å². The topological polar surface area (TPSA) is 44.4 Å². The highest BCUT2D eigenvalue weighted by Gasteiger charge is 2.02. The Balaban J connectivity index is 2.24. The molecule has 0 spiro atoms. The molecule has 106 valence electrons. The van der Waals surface area contributed by atoms with Crippen LogP contribution in [0.25, 0.3) is 0 Å². The van der Waals surface area contributed by atoms with Crippen LogP contribution in [-0.2, 0) is 4.79 Å². The lowest BCUT2D eigenvalue weighted by molar-refractivity contribution is -0.119. The largest absolute Gasteiger partial charge is 0.376 e. The molecular formula is C14H22ClN3O. The third-order valence-electron chi connectivity index (χ3n) is 2.73. The number of halogens is 1. The van der Waals surface area contributed by atoms with Crippen LogP contribution in [0.5, 0.6) is 0 Å². The fourth-order valence-corrected chi connectivity index (χ4v) is 1.75. The number of hydrogen-bond acceptors (Lipinski definition) is 3. The van der Waals surface area contributed by atoms with E-state index in [0.29, 0.717) is 11.6 Å². The summed E-state index contributed by atoms with van der Waals surface area (Å²) in [4.78, 5) is 13.7. The summed E-state index contributed by atoms with van der Waals surface area (Å²) in [6.07, 6.45) is 0.953. The first-order chi connectivity index (χ1) is 8.99. The maximum Gasteiger partial charge on any atom is 0.239 e. The molecule has 0 radical (unpaired) electrons. The monoisotopic (exact) mass is 283 g/mol. The van der Waals surface area contributed by atoms with E-state index in [-0.39, 0.29) is 12.5 Å². The Hall–Kier alpha value is -1.26. The maximum atomic E-state index is 11.6. The number of anilines is 1. The summed E-state index contributed by atoms with van der Waals surface area (Å²) in [5, 5.41) is 6.63. The van der Waals surface area contributed by atoms with Crippen molar-refractivity contribution in [2.45, 2.75) is 13.3 Å². The maximum absolute atomic E-state index is 11.6. The van der Waals surface area contributed by atoms with Crippen LogP contribution < -0.4 is 10.6 Å². The van der Waals surface area contributed by atoms with Gasteiger partial charge in [-0.3, -0.25) is 4.79 Å². The molecule has 0 unspecified atom stereocenters. The van der Waals surface area contributed by atoms with E-state index >= 15 is 0 Å². The van der Waals surface area contributed by atoms with Crippen molar-refractivity contribution in [3.8, 4) is 0 Å². The third-order valence-corrected chi connectivity index (χ3v) is 3.14. The Morgan fingerprint density at radius 2 is 2.11 bits per heavy atom. The summed E-state index contributed by atoms with van der Waals surface area (Å²) in [5.74, 6) is -0.00421. The van der Waals surface area contributed by atoms with Gasteiger partial charge in [0.1, 0.15) is 0 Å². The molecule has 19 heavy (non-hydrogen) atoms. The minimum absolute atomic E-state index is 0.00421. The van der Waals surface area contributed by atoms with E-state index in [1.54, 1.807) is 0 Å². The number of rotatable bonds is 7.